The SMILES string of the molecule is CN.[I][Sn]([I])([I])[I]. The fraction of sp³-hybridized carbons (Fsp3) is 1.00. The number of rotatable bonds is 0. The van der Waals surface area contributed by atoms with Crippen molar-refractivity contribution < 1.29 is 0 Å². The van der Waals surface area contributed by atoms with Gasteiger partial charge in [0, 0.05) is 0 Å². The Hall–Kier alpha value is 3.68. The van der Waals surface area contributed by atoms with Crippen molar-refractivity contribution in [3.63, 3.8) is 0 Å². The normalized spacial score (nSPS) is 9.43. The van der Waals surface area contributed by atoms with Crippen LogP contribution in [0.3, 0.4) is 0 Å². The molecule has 0 spiro atoms. The monoisotopic (exact) mass is 659 g/mol. The Labute approximate surface area is 87.0 Å². The van der Waals surface area contributed by atoms with Gasteiger partial charge < -0.3 is 5.73 Å². The second-order valence-electron chi connectivity index (χ2n) is 0.429. The Morgan fingerprint density at radius 1 is 1.00 bits per heavy atom. The summed E-state index contributed by atoms with van der Waals surface area (Å²) in [6.07, 6.45) is 0. The van der Waals surface area contributed by atoms with E-state index in [9.17, 15) is 0 Å². The van der Waals surface area contributed by atoms with Gasteiger partial charge in [0.1, 0.15) is 0 Å². The van der Waals surface area contributed by atoms with Crippen molar-refractivity contribution in [2.45, 2.75) is 0 Å². The van der Waals surface area contributed by atoms with Gasteiger partial charge in [0.15, 0.2) is 0 Å². The molecule has 0 atom stereocenters. The molecule has 7 heavy (non-hydrogen) atoms. The first kappa shape index (κ1) is 13.3. The third kappa shape index (κ3) is 42.2. The van der Waals surface area contributed by atoms with E-state index in [4.69, 9.17) is 0 Å². The van der Waals surface area contributed by atoms with Crippen molar-refractivity contribution in [3.8, 4) is 0 Å². The van der Waals surface area contributed by atoms with E-state index in [0.29, 0.717) is 0 Å². The predicted octanol–water partition coefficient (Wildman–Crippen LogP) is 2.74. The summed E-state index contributed by atoms with van der Waals surface area (Å²) >= 11 is 10.2. The van der Waals surface area contributed by atoms with E-state index in [1.807, 2.05) is 0 Å². The molecule has 1 nitrogen and oxygen atoms in total. The average molecular weight is 657 g/mol. The predicted molar refractivity (Wildman–Crippen MR) is 71.9 cm³/mol. The van der Waals surface area contributed by atoms with E-state index in [1.54, 1.807) is 0 Å². The summed E-state index contributed by atoms with van der Waals surface area (Å²) in [6, 6.07) is 0. The summed E-state index contributed by atoms with van der Waals surface area (Å²) in [5.74, 6) is 0. The Kier molecular flexibility index (Phi) is 14.8. The van der Waals surface area contributed by atoms with Gasteiger partial charge in [-0.05, 0) is 7.05 Å². The van der Waals surface area contributed by atoms with Crippen LogP contribution in [0.4, 0.5) is 0 Å². The Morgan fingerprint density at radius 3 is 1.00 bits per heavy atom. The van der Waals surface area contributed by atoms with Gasteiger partial charge in [-0.1, -0.05) is 0 Å². The zero-order valence-electron chi connectivity index (χ0n) is 3.59. The molecular formula is CH5I4NSn. The molecule has 0 aromatic rings. The van der Waals surface area contributed by atoms with Crippen LogP contribution < -0.4 is 5.73 Å². The van der Waals surface area contributed by atoms with Crippen LogP contribution in [0.1, 0.15) is 0 Å². The molecule has 46 valence electrons. The molecule has 0 heterocycles. The molecule has 0 rings (SSSR count). The molecule has 0 aromatic heterocycles. The first-order valence-corrected chi connectivity index (χ1v) is 34.6. The van der Waals surface area contributed by atoms with Gasteiger partial charge in [-0.3, -0.25) is 0 Å². The van der Waals surface area contributed by atoms with Crippen molar-refractivity contribution >= 4 is 77.0 Å². The maximum atomic E-state index is 4.50. The van der Waals surface area contributed by atoms with E-state index in [2.05, 4.69) is 80.3 Å². The average Bonchev–Trinajstić information content (AvgIpc) is 1.36. The van der Waals surface area contributed by atoms with Crippen molar-refractivity contribution in [2.24, 2.45) is 5.73 Å². The van der Waals surface area contributed by atoms with Gasteiger partial charge in [0.05, 0.1) is 0 Å². The van der Waals surface area contributed by atoms with E-state index in [0.717, 1.165) is 0 Å². The van der Waals surface area contributed by atoms with Gasteiger partial charge in [-0.15, -0.1) is 0 Å². The second-order valence-corrected chi connectivity index (χ2v) is 129. The number of nitrogens with two attached hydrogens (primary N) is 1. The molecular weight excluding hydrogens is 652 g/mol. The second kappa shape index (κ2) is 7.78. The van der Waals surface area contributed by atoms with Crippen LogP contribution in [-0.2, 0) is 0 Å². The number of hydrogen-bond acceptors (Lipinski definition) is 1. The van der Waals surface area contributed by atoms with Crippen molar-refractivity contribution in [3.05, 3.63) is 0 Å². The van der Waals surface area contributed by atoms with E-state index < -0.39 is 2.50 Å². The van der Waals surface area contributed by atoms with Crippen LogP contribution >= 0.6 is 74.5 Å². The van der Waals surface area contributed by atoms with Crippen LogP contribution in [0.15, 0.2) is 0 Å². The van der Waals surface area contributed by atoms with Crippen LogP contribution in [0.5, 0.6) is 0 Å². The van der Waals surface area contributed by atoms with Gasteiger partial charge in [-0.2, -0.15) is 0 Å². The van der Waals surface area contributed by atoms with E-state index in [-0.39, 0.29) is 0 Å². The quantitative estimate of drug-likeness (QED) is 0.315. The Bertz CT molecular complexity index is 27.2. The summed E-state index contributed by atoms with van der Waals surface area (Å²) < 4.78 is -1.30. The third-order valence-electron chi connectivity index (χ3n) is 0. The molecule has 0 aromatic carbocycles. The molecule has 0 aliphatic carbocycles. The molecule has 0 unspecified atom stereocenters. The summed E-state index contributed by atoms with van der Waals surface area (Å²) in [4.78, 5) is 0. The van der Waals surface area contributed by atoms with Gasteiger partial charge in [0.2, 0.25) is 0 Å². The molecule has 0 amide bonds. The van der Waals surface area contributed by atoms with Gasteiger partial charge in [0.25, 0.3) is 0 Å². The minimum atomic E-state index is -1.30. The zero-order chi connectivity index (χ0) is 6.50. The fourth-order valence-corrected chi connectivity index (χ4v) is 0. The maximum absolute atomic E-state index is 4.50. The van der Waals surface area contributed by atoms with Gasteiger partial charge in [-0.25, -0.2) is 0 Å². The summed E-state index contributed by atoms with van der Waals surface area (Å²) in [6.45, 7) is 0. The summed E-state index contributed by atoms with van der Waals surface area (Å²) in [5.41, 5.74) is 4.50. The van der Waals surface area contributed by atoms with E-state index >= 15 is 0 Å². The minimum absolute atomic E-state index is 1.30. The van der Waals surface area contributed by atoms with Crippen LogP contribution in [0, 0.1) is 0 Å². The molecule has 0 aliphatic rings. The van der Waals surface area contributed by atoms with E-state index in [1.165, 1.54) is 7.05 Å². The summed E-state index contributed by atoms with van der Waals surface area (Å²) in [5, 5.41) is 0. The molecule has 2 N–H and O–H groups in total. The van der Waals surface area contributed by atoms with Crippen molar-refractivity contribution in [2.75, 3.05) is 7.05 Å². The van der Waals surface area contributed by atoms with Crippen LogP contribution in [0.2, 0.25) is 0 Å². The molecule has 0 fully saturated rings. The molecule has 6 heteroatoms. The molecule has 0 radical (unpaired) electrons. The first-order chi connectivity index (χ1) is 3.00. The molecule has 0 bridgehead atoms. The van der Waals surface area contributed by atoms with Crippen LogP contribution in [0.25, 0.3) is 0 Å². The topological polar surface area (TPSA) is 26.0 Å². The summed E-state index contributed by atoms with van der Waals surface area (Å²) in [7, 11) is 1.50. The van der Waals surface area contributed by atoms with Crippen LogP contribution in [-0.4, -0.2) is 9.55 Å². The molecule has 0 saturated heterocycles. The first-order valence-electron chi connectivity index (χ1n) is 1.33. The standard InChI is InChI=1S/CH5N.4HI.Sn/c1-2;;;;;/h2H2,1H3;4*1H;/q;;;;;+4/p-4. The Morgan fingerprint density at radius 2 is 1.00 bits per heavy atom. The Balaban J connectivity index is 0. The van der Waals surface area contributed by atoms with Crippen molar-refractivity contribution in [1.82, 2.24) is 0 Å². The molecule has 0 aliphatic heterocycles. The zero-order valence-corrected chi connectivity index (χ0v) is 15.1. The molecule has 0 saturated carbocycles. The van der Waals surface area contributed by atoms with Crippen molar-refractivity contribution in [1.29, 1.82) is 0 Å². The fourth-order valence-electron chi connectivity index (χ4n) is 0. The number of halogens is 4. The third-order valence-corrected chi connectivity index (χ3v) is 0. The number of hydrogen-bond donors (Lipinski definition) is 1. The van der Waals surface area contributed by atoms with Gasteiger partial charge >= 0.3 is 77.0 Å².